The first kappa shape index (κ1) is 10.8. The molecule has 0 saturated heterocycles. The summed E-state index contributed by atoms with van der Waals surface area (Å²) in [5.41, 5.74) is 5.24. The molecule has 74 valence electrons. The third-order valence-corrected chi connectivity index (χ3v) is 2.11. The van der Waals surface area contributed by atoms with Crippen molar-refractivity contribution >= 4 is 5.57 Å². The summed E-state index contributed by atoms with van der Waals surface area (Å²) in [5.74, 6) is 0. The Morgan fingerprint density at radius 3 is 2.43 bits per heavy atom. The number of hydrogen-bond donors (Lipinski definition) is 0. The smallest absolute Gasteiger partial charge is 0.0185 e. The van der Waals surface area contributed by atoms with E-state index in [9.17, 15) is 0 Å². The maximum atomic E-state index is 2.22. The van der Waals surface area contributed by atoms with Crippen molar-refractivity contribution in [3.05, 3.63) is 53.1 Å². The van der Waals surface area contributed by atoms with Crippen molar-refractivity contribution < 1.29 is 0 Å². The maximum absolute atomic E-state index is 2.22. The van der Waals surface area contributed by atoms with E-state index in [1.54, 1.807) is 0 Å². The summed E-state index contributed by atoms with van der Waals surface area (Å²) in [5, 5.41) is 0. The van der Waals surface area contributed by atoms with Crippen LogP contribution in [0.5, 0.6) is 0 Å². The van der Waals surface area contributed by atoms with Crippen molar-refractivity contribution in [2.45, 2.75) is 27.7 Å². The van der Waals surface area contributed by atoms with Crippen molar-refractivity contribution in [3.63, 3.8) is 0 Å². The van der Waals surface area contributed by atoms with Gasteiger partial charge in [-0.25, -0.2) is 0 Å². The lowest BCUT2D eigenvalue weighted by Gasteiger charge is -2.04. The van der Waals surface area contributed by atoms with Crippen LogP contribution in [-0.4, -0.2) is 0 Å². The van der Waals surface area contributed by atoms with E-state index in [2.05, 4.69) is 64.1 Å². The van der Waals surface area contributed by atoms with Crippen LogP contribution in [0, 0.1) is 6.92 Å². The van der Waals surface area contributed by atoms with Gasteiger partial charge < -0.3 is 0 Å². The van der Waals surface area contributed by atoms with Gasteiger partial charge in [0, 0.05) is 0 Å². The molecule has 1 aromatic carbocycles. The fourth-order valence-electron chi connectivity index (χ4n) is 1.47. The van der Waals surface area contributed by atoms with Gasteiger partial charge >= 0.3 is 0 Å². The molecule has 0 N–H and O–H groups in total. The standard InChI is InChI=1S/C14H18/c1-5-13(9-11(2)3)14-8-6-7-12(4)10-14/h5-10H,1-4H3. The normalized spacial score (nSPS) is 11.3. The zero-order valence-corrected chi connectivity index (χ0v) is 9.46. The van der Waals surface area contributed by atoms with Crippen LogP contribution in [0.1, 0.15) is 31.9 Å². The minimum Gasteiger partial charge on any atom is -0.0798 e. The topological polar surface area (TPSA) is 0 Å². The average molecular weight is 186 g/mol. The lowest BCUT2D eigenvalue weighted by Crippen LogP contribution is -1.82. The molecule has 0 spiro atoms. The number of allylic oxidation sites excluding steroid dienone is 4. The number of aryl methyl sites for hydroxylation is 1. The van der Waals surface area contributed by atoms with Crippen LogP contribution in [0.25, 0.3) is 5.57 Å². The first-order valence-corrected chi connectivity index (χ1v) is 5.01. The highest BCUT2D eigenvalue weighted by Crippen LogP contribution is 2.18. The zero-order chi connectivity index (χ0) is 10.6. The minimum atomic E-state index is 1.30. The molecular weight excluding hydrogens is 168 g/mol. The molecule has 0 heteroatoms. The van der Waals surface area contributed by atoms with Gasteiger partial charge in [0.25, 0.3) is 0 Å². The van der Waals surface area contributed by atoms with E-state index in [-0.39, 0.29) is 0 Å². The lowest BCUT2D eigenvalue weighted by atomic mass is 10.0. The SMILES string of the molecule is CC=C(C=C(C)C)c1cccc(C)c1. The van der Waals surface area contributed by atoms with Gasteiger partial charge in [0.1, 0.15) is 0 Å². The Morgan fingerprint density at radius 1 is 1.21 bits per heavy atom. The molecular formula is C14H18. The summed E-state index contributed by atoms with van der Waals surface area (Å²) < 4.78 is 0. The highest BCUT2D eigenvalue weighted by Gasteiger charge is 1.96. The van der Waals surface area contributed by atoms with Crippen molar-refractivity contribution in [2.24, 2.45) is 0 Å². The van der Waals surface area contributed by atoms with Gasteiger partial charge in [-0.05, 0) is 38.8 Å². The second-order valence-electron chi connectivity index (χ2n) is 3.84. The van der Waals surface area contributed by atoms with Gasteiger partial charge in [-0.2, -0.15) is 0 Å². The average Bonchev–Trinajstić information content (AvgIpc) is 2.14. The zero-order valence-electron chi connectivity index (χ0n) is 9.46. The third kappa shape index (κ3) is 2.88. The fourth-order valence-corrected chi connectivity index (χ4v) is 1.47. The fraction of sp³-hybridized carbons (Fsp3) is 0.286. The molecule has 0 bridgehead atoms. The van der Waals surface area contributed by atoms with Crippen LogP contribution >= 0.6 is 0 Å². The Balaban J connectivity index is 3.09. The molecule has 0 aliphatic carbocycles. The molecule has 1 aromatic rings. The molecule has 0 aromatic heterocycles. The first-order valence-electron chi connectivity index (χ1n) is 5.01. The van der Waals surface area contributed by atoms with E-state index in [1.807, 2.05) is 0 Å². The molecule has 0 saturated carbocycles. The molecule has 0 radical (unpaired) electrons. The van der Waals surface area contributed by atoms with Crippen LogP contribution < -0.4 is 0 Å². The summed E-state index contributed by atoms with van der Waals surface area (Å²) >= 11 is 0. The second-order valence-corrected chi connectivity index (χ2v) is 3.84. The third-order valence-electron chi connectivity index (χ3n) is 2.11. The van der Waals surface area contributed by atoms with E-state index in [1.165, 1.54) is 22.3 Å². The Kier molecular flexibility index (Phi) is 3.70. The summed E-state index contributed by atoms with van der Waals surface area (Å²) in [6.07, 6.45) is 4.37. The molecule has 0 heterocycles. The lowest BCUT2D eigenvalue weighted by molar-refractivity contribution is 1.38. The maximum Gasteiger partial charge on any atom is -0.0185 e. The Bertz CT molecular complexity index is 363. The van der Waals surface area contributed by atoms with Crippen LogP contribution in [-0.2, 0) is 0 Å². The predicted molar refractivity (Wildman–Crippen MR) is 64.3 cm³/mol. The Hall–Kier alpha value is -1.30. The Morgan fingerprint density at radius 2 is 1.93 bits per heavy atom. The molecule has 0 unspecified atom stereocenters. The molecule has 0 aliphatic rings. The van der Waals surface area contributed by atoms with Crippen molar-refractivity contribution in [2.75, 3.05) is 0 Å². The van der Waals surface area contributed by atoms with Crippen molar-refractivity contribution in [1.29, 1.82) is 0 Å². The van der Waals surface area contributed by atoms with E-state index < -0.39 is 0 Å². The number of hydrogen-bond acceptors (Lipinski definition) is 0. The van der Waals surface area contributed by atoms with E-state index >= 15 is 0 Å². The van der Waals surface area contributed by atoms with Crippen molar-refractivity contribution in [3.8, 4) is 0 Å². The van der Waals surface area contributed by atoms with Gasteiger partial charge in [-0.15, -0.1) is 0 Å². The molecule has 0 amide bonds. The van der Waals surface area contributed by atoms with E-state index in [0.29, 0.717) is 0 Å². The second kappa shape index (κ2) is 4.80. The summed E-state index contributed by atoms with van der Waals surface area (Å²) in [6.45, 7) is 8.45. The highest BCUT2D eigenvalue weighted by molar-refractivity contribution is 5.74. The van der Waals surface area contributed by atoms with Crippen molar-refractivity contribution in [1.82, 2.24) is 0 Å². The number of benzene rings is 1. The molecule has 0 atom stereocenters. The quantitative estimate of drug-likeness (QED) is 0.602. The molecule has 1 rings (SSSR count). The van der Waals surface area contributed by atoms with Crippen LogP contribution in [0.4, 0.5) is 0 Å². The molecule has 0 fully saturated rings. The van der Waals surface area contributed by atoms with Gasteiger partial charge in [0.2, 0.25) is 0 Å². The van der Waals surface area contributed by atoms with E-state index in [4.69, 9.17) is 0 Å². The monoisotopic (exact) mass is 186 g/mol. The minimum absolute atomic E-state index is 1.30. The molecule has 14 heavy (non-hydrogen) atoms. The van der Waals surface area contributed by atoms with Gasteiger partial charge in [0.05, 0.1) is 0 Å². The van der Waals surface area contributed by atoms with Gasteiger partial charge in [0.15, 0.2) is 0 Å². The Labute approximate surface area is 87.0 Å². The van der Waals surface area contributed by atoms with Gasteiger partial charge in [-0.3, -0.25) is 0 Å². The largest absolute Gasteiger partial charge is 0.0798 e. The van der Waals surface area contributed by atoms with Gasteiger partial charge in [-0.1, -0.05) is 47.6 Å². The summed E-state index contributed by atoms with van der Waals surface area (Å²) in [4.78, 5) is 0. The van der Waals surface area contributed by atoms with E-state index in [0.717, 1.165) is 0 Å². The molecule has 0 aliphatic heterocycles. The summed E-state index contributed by atoms with van der Waals surface area (Å²) in [7, 11) is 0. The summed E-state index contributed by atoms with van der Waals surface area (Å²) in [6, 6.07) is 8.60. The first-order chi connectivity index (χ1) is 6.63. The van der Waals surface area contributed by atoms with Crippen LogP contribution in [0.2, 0.25) is 0 Å². The predicted octanol–water partition coefficient (Wildman–Crippen LogP) is 4.36. The van der Waals surface area contributed by atoms with Crippen LogP contribution in [0.3, 0.4) is 0 Å². The molecule has 0 nitrogen and oxygen atoms in total. The highest BCUT2D eigenvalue weighted by atomic mass is 14.0. The van der Waals surface area contributed by atoms with Crippen LogP contribution in [0.15, 0.2) is 42.0 Å². The number of rotatable bonds is 2.